The summed E-state index contributed by atoms with van der Waals surface area (Å²) in [6, 6.07) is 55.2. The molecule has 234 valence electrons. The Morgan fingerprint density at radius 1 is 0.449 bits per heavy atom. The van der Waals surface area contributed by atoms with Crippen LogP contribution in [0.15, 0.2) is 156 Å². The van der Waals surface area contributed by atoms with Crippen LogP contribution >= 0.6 is 0 Å². The van der Waals surface area contributed by atoms with Gasteiger partial charge in [0.2, 0.25) is 0 Å². The Hall–Kier alpha value is -6.06. The van der Waals surface area contributed by atoms with Crippen molar-refractivity contribution in [2.75, 3.05) is 0 Å². The van der Waals surface area contributed by atoms with E-state index < -0.39 is 0 Å². The van der Waals surface area contributed by atoms with Crippen molar-refractivity contribution >= 4 is 65.6 Å². The van der Waals surface area contributed by atoms with E-state index in [1.807, 2.05) is 0 Å². The quantitative estimate of drug-likeness (QED) is 0.186. The highest BCUT2D eigenvalue weighted by Crippen LogP contribution is 2.39. The van der Waals surface area contributed by atoms with Crippen molar-refractivity contribution in [2.45, 2.75) is 26.2 Å². The smallest absolute Gasteiger partial charge is 0.135 e. The lowest BCUT2D eigenvalue weighted by Gasteiger charge is -2.13. The molecule has 0 bridgehead atoms. The zero-order chi connectivity index (χ0) is 32.6. The van der Waals surface area contributed by atoms with Gasteiger partial charge < -0.3 is 13.6 Å². The van der Waals surface area contributed by atoms with Crippen LogP contribution in [0.25, 0.3) is 88.1 Å². The molecule has 0 fully saturated rings. The summed E-state index contributed by atoms with van der Waals surface area (Å²) in [5.74, 6) is 0.520. The fraction of sp³-hybridized carbons (Fsp3) is 0.0870. The van der Waals surface area contributed by atoms with E-state index in [-0.39, 0.29) is 0 Å². The van der Waals surface area contributed by atoms with Crippen molar-refractivity contribution in [1.29, 1.82) is 0 Å². The number of nitrogens with zero attached hydrogens (tertiary/aromatic N) is 2. The normalized spacial score (nSPS) is 12.7. The van der Waals surface area contributed by atoms with E-state index in [2.05, 4.69) is 175 Å². The highest BCUT2D eigenvalue weighted by molar-refractivity contribution is 6.12. The predicted octanol–water partition coefficient (Wildman–Crippen LogP) is 13.0. The van der Waals surface area contributed by atoms with Gasteiger partial charge in [-0.15, -0.1) is 0 Å². The van der Waals surface area contributed by atoms with Crippen LogP contribution in [0.5, 0.6) is 0 Å². The zero-order valence-electron chi connectivity index (χ0n) is 27.5. The molecule has 10 aromatic rings. The highest BCUT2D eigenvalue weighted by atomic mass is 16.3. The average molecular weight is 631 g/mol. The molecule has 3 heteroatoms. The molecular formula is C46H34N2O. The molecule has 3 aromatic heterocycles. The Morgan fingerprint density at radius 2 is 0.959 bits per heavy atom. The van der Waals surface area contributed by atoms with E-state index in [1.54, 1.807) is 0 Å². The van der Waals surface area contributed by atoms with Gasteiger partial charge in [-0.05, 0) is 102 Å². The second-order valence-corrected chi connectivity index (χ2v) is 13.4. The molecule has 0 amide bonds. The van der Waals surface area contributed by atoms with Gasteiger partial charge in [0.05, 0.1) is 22.1 Å². The van der Waals surface area contributed by atoms with Crippen molar-refractivity contribution in [3.8, 4) is 22.5 Å². The van der Waals surface area contributed by atoms with E-state index in [9.17, 15) is 0 Å². The van der Waals surface area contributed by atoms with Crippen LogP contribution in [-0.2, 0) is 0 Å². The summed E-state index contributed by atoms with van der Waals surface area (Å²) >= 11 is 0. The summed E-state index contributed by atoms with van der Waals surface area (Å²) in [5, 5.41) is 7.29. The molecule has 1 unspecified atom stereocenters. The van der Waals surface area contributed by atoms with Crippen molar-refractivity contribution < 1.29 is 4.42 Å². The SMILES string of the molecule is CCC(C)c1cccc(-n2c3ccccc3c3cc(-c4ccc5oc6ccc(-n7c8ccccc8c8ccccc87)cc6c5c4)ccc32)c1. The number of benzene rings is 7. The molecule has 10 rings (SSSR count). The van der Waals surface area contributed by atoms with Crippen molar-refractivity contribution in [2.24, 2.45) is 0 Å². The number of para-hydroxylation sites is 3. The van der Waals surface area contributed by atoms with E-state index in [0.717, 1.165) is 34.0 Å². The standard InChI is InChI=1S/C46H34N2O/c1-3-29(2)30-11-10-12-33(25-30)47-43-18-9-6-15-37(43)38-26-31(19-22-44(38)47)32-20-23-45-39(27-32)40-28-34(21-24-46(40)49-45)48-41-16-7-4-13-35(41)36-14-5-8-17-42(36)48/h4-29H,3H2,1-2H3. The summed E-state index contributed by atoms with van der Waals surface area (Å²) in [5.41, 5.74) is 12.7. The third kappa shape index (κ3) is 4.22. The molecule has 49 heavy (non-hydrogen) atoms. The maximum absolute atomic E-state index is 6.39. The fourth-order valence-corrected chi connectivity index (χ4v) is 7.92. The number of rotatable bonds is 5. The highest BCUT2D eigenvalue weighted by Gasteiger charge is 2.17. The molecule has 0 aliphatic rings. The Labute approximate surface area is 284 Å². The summed E-state index contributed by atoms with van der Waals surface area (Å²) in [4.78, 5) is 0. The summed E-state index contributed by atoms with van der Waals surface area (Å²) in [7, 11) is 0. The first-order valence-electron chi connectivity index (χ1n) is 17.2. The molecule has 0 aliphatic carbocycles. The number of aromatic nitrogens is 2. The number of fused-ring (bicyclic) bond motifs is 9. The van der Waals surface area contributed by atoms with Gasteiger partial charge in [-0.1, -0.05) is 92.7 Å². The van der Waals surface area contributed by atoms with Gasteiger partial charge in [0.25, 0.3) is 0 Å². The third-order valence-electron chi connectivity index (χ3n) is 10.6. The minimum Gasteiger partial charge on any atom is -0.456 e. The summed E-state index contributed by atoms with van der Waals surface area (Å²) < 4.78 is 11.2. The fourth-order valence-electron chi connectivity index (χ4n) is 7.92. The van der Waals surface area contributed by atoms with Gasteiger partial charge in [-0.25, -0.2) is 0 Å². The number of hydrogen-bond acceptors (Lipinski definition) is 1. The van der Waals surface area contributed by atoms with Crippen LogP contribution in [0.2, 0.25) is 0 Å². The maximum atomic E-state index is 6.39. The van der Waals surface area contributed by atoms with Crippen molar-refractivity contribution in [1.82, 2.24) is 9.13 Å². The Kier molecular flexibility index (Phi) is 6.13. The molecule has 0 N–H and O–H groups in total. The Bertz CT molecular complexity index is 2850. The van der Waals surface area contributed by atoms with E-state index in [4.69, 9.17) is 4.42 Å². The lowest BCUT2D eigenvalue weighted by molar-refractivity contribution is 0.669. The van der Waals surface area contributed by atoms with Crippen molar-refractivity contribution in [3.63, 3.8) is 0 Å². The second-order valence-electron chi connectivity index (χ2n) is 13.4. The molecule has 0 saturated carbocycles. The van der Waals surface area contributed by atoms with Gasteiger partial charge in [0.1, 0.15) is 11.2 Å². The minimum atomic E-state index is 0.520. The first kappa shape index (κ1) is 28.0. The van der Waals surface area contributed by atoms with Crippen LogP contribution in [0.4, 0.5) is 0 Å². The third-order valence-corrected chi connectivity index (χ3v) is 10.6. The van der Waals surface area contributed by atoms with Gasteiger partial charge >= 0.3 is 0 Å². The number of furan rings is 1. The largest absolute Gasteiger partial charge is 0.456 e. The van der Waals surface area contributed by atoms with Crippen LogP contribution in [-0.4, -0.2) is 9.13 Å². The molecule has 1 atom stereocenters. The van der Waals surface area contributed by atoms with Crippen LogP contribution in [0.1, 0.15) is 31.7 Å². The lowest BCUT2D eigenvalue weighted by atomic mass is 9.98. The lowest BCUT2D eigenvalue weighted by Crippen LogP contribution is -1.97. The molecule has 0 radical (unpaired) electrons. The van der Waals surface area contributed by atoms with E-state index in [0.29, 0.717) is 5.92 Å². The monoisotopic (exact) mass is 630 g/mol. The molecule has 0 aliphatic heterocycles. The molecule has 7 aromatic carbocycles. The molecule has 0 saturated heterocycles. The van der Waals surface area contributed by atoms with Gasteiger partial charge in [0.15, 0.2) is 0 Å². The van der Waals surface area contributed by atoms with E-state index >= 15 is 0 Å². The maximum Gasteiger partial charge on any atom is 0.135 e. The van der Waals surface area contributed by atoms with Crippen LogP contribution in [0.3, 0.4) is 0 Å². The molecule has 3 nitrogen and oxygen atoms in total. The number of hydrogen-bond donors (Lipinski definition) is 0. The zero-order valence-corrected chi connectivity index (χ0v) is 27.5. The Balaban J connectivity index is 1.13. The van der Waals surface area contributed by atoms with Gasteiger partial charge in [-0.2, -0.15) is 0 Å². The van der Waals surface area contributed by atoms with Gasteiger partial charge in [0, 0.05) is 43.7 Å². The summed E-state index contributed by atoms with van der Waals surface area (Å²) in [6.45, 7) is 4.57. The first-order chi connectivity index (χ1) is 24.2. The molecule has 3 heterocycles. The molecular weight excluding hydrogens is 597 g/mol. The molecule has 0 spiro atoms. The minimum absolute atomic E-state index is 0.520. The van der Waals surface area contributed by atoms with Gasteiger partial charge in [-0.3, -0.25) is 0 Å². The second kappa shape index (κ2) is 10.7. The first-order valence-corrected chi connectivity index (χ1v) is 17.2. The van der Waals surface area contributed by atoms with Crippen molar-refractivity contribution in [3.05, 3.63) is 157 Å². The Morgan fingerprint density at radius 3 is 1.61 bits per heavy atom. The summed E-state index contributed by atoms with van der Waals surface area (Å²) in [6.07, 6.45) is 1.12. The topological polar surface area (TPSA) is 23.0 Å². The van der Waals surface area contributed by atoms with Crippen LogP contribution < -0.4 is 0 Å². The predicted molar refractivity (Wildman–Crippen MR) is 207 cm³/mol. The average Bonchev–Trinajstić information content (AvgIpc) is 3.81. The van der Waals surface area contributed by atoms with Crippen LogP contribution in [0, 0.1) is 0 Å². The van der Waals surface area contributed by atoms with E-state index in [1.165, 1.54) is 66.0 Å².